The SMILES string of the molecule is Nc1cc(C(=O)N2CCSc3ccccc32)ccc1Cl. The minimum atomic E-state index is -0.0406. The maximum Gasteiger partial charge on any atom is 0.258 e. The summed E-state index contributed by atoms with van der Waals surface area (Å²) in [7, 11) is 0. The van der Waals surface area contributed by atoms with E-state index in [4.69, 9.17) is 17.3 Å². The number of thioether (sulfide) groups is 1. The van der Waals surface area contributed by atoms with Gasteiger partial charge in [0.05, 0.1) is 16.4 Å². The monoisotopic (exact) mass is 304 g/mol. The summed E-state index contributed by atoms with van der Waals surface area (Å²) < 4.78 is 0. The number of nitrogens with two attached hydrogens (primary N) is 1. The number of amides is 1. The third-order valence-corrected chi connectivity index (χ3v) is 4.60. The number of fused-ring (bicyclic) bond motifs is 1. The van der Waals surface area contributed by atoms with Crippen LogP contribution >= 0.6 is 23.4 Å². The van der Waals surface area contributed by atoms with E-state index in [2.05, 4.69) is 0 Å². The number of nitrogens with zero attached hydrogens (tertiary/aromatic N) is 1. The van der Waals surface area contributed by atoms with Gasteiger partial charge in [-0.3, -0.25) is 4.79 Å². The third kappa shape index (κ3) is 2.37. The number of rotatable bonds is 1. The maximum absolute atomic E-state index is 12.6. The summed E-state index contributed by atoms with van der Waals surface area (Å²) in [5.41, 5.74) is 7.73. The molecule has 1 aliphatic rings. The van der Waals surface area contributed by atoms with Crippen molar-refractivity contribution in [3.05, 3.63) is 53.1 Å². The highest BCUT2D eigenvalue weighted by atomic mass is 35.5. The molecule has 3 rings (SSSR count). The van der Waals surface area contributed by atoms with Crippen LogP contribution in [0.4, 0.5) is 11.4 Å². The van der Waals surface area contributed by atoms with Crippen molar-refractivity contribution in [3.63, 3.8) is 0 Å². The Hall–Kier alpha value is -1.65. The summed E-state index contributed by atoms with van der Waals surface area (Å²) in [6.45, 7) is 0.697. The van der Waals surface area contributed by atoms with Crippen LogP contribution in [0.2, 0.25) is 5.02 Å². The molecule has 0 radical (unpaired) electrons. The normalized spacial score (nSPS) is 13.9. The highest BCUT2D eigenvalue weighted by Gasteiger charge is 2.23. The van der Waals surface area contributed by atoms with Gasteiger partial charge in [-0.15, -0.1) is 11.8 Å². The van der Waals surface area contributed by atoms with Gasteiger partial charge >= 0.3 is 0 Å². The largest absolute Gasteiger partial charge is 0.398 e. The second-order valence-corrected chi connectivity index (χ2v) is 6.05. The second kappa shape index (κ2) is 5.38. The van der Waals surface area contributed by atoms with Gasteiger partial charge in [0.1, 0.15) is 0 Å². The Bertz CT molecular complexity index is 675. The Labute approximate surface area is 126 Å². The second-order valence-electron chi connectivity index (χ2n) is 4.51. The molecule has 0 aromatic heterocycles. The van der Waals surface area contributed by atoms with E-state index in [1.54, 1.807) is 34.9 Å². The standard InChI is InChI=1S/C15H13ClN2OS/c16-11-6-5-10(9-12(11)17)15(19)18-7-8-20-14-4-2-1-3-13(14)18/h1-6,9H,7-8,17H2. The maximum atomic E-state index is 12.6. The quantitative estimate of drug-likeness (QED) is 0.818. The minimum Gasteiger partial charge on any atom is -0.398 e. The van der Waals surface area contributed by atoms with Crippen molar-refractivity contribution >= 4 is 40.6 Å². The van der Waals surface area contributed by atoms with E-state index in [0.717, 1.165) is 16.3 Å². The molecule has 0 spiro atoms. The molecular weight excluding hydrogens is 292 g/mol. The molecule has 20 heavy (non-hydrogen) atoms. The lowest BCUT2D eigenvalue weighted by atomic mass is 10.1. The van der Waals surface area contributed by atoms with Crippen LogP contribution in [0.3, 0.4) is 0 Å². The van der Waals surface area contributed by atoms with Crippen molar-refractivity contribution in [3.8, 4) is 0 Å². The molecule has 0 saturated heterocycles. The van der Waals surface area contributed by atoms with E-state index >= 15 is 0 Å². The molecule has 0 fully saturated rings. The molecule has 2 N–H and O–H groups in total. The molecular formula is C15H13ClN2OS. The molecule has 0 aliphatic carbocycles. The first-order valence-electron chi connectivity index (χ1n) is 6.25. The number of carbonyl (C=O) groups excluding carboxylic acids is 1. The first-order valence-corrected chi connectivity index (χ1v) is 7.62. The zero-order chi connectivity index (χ0) is 14.1. The number of hydrogen-bond acceptors (Lipinski definition) is 3. The predicted octanol–water partition coefficient (Wildman–Crippen LogP) is 3.67. The Kier molecular flexibility index (Phi) is 3.59. The number of anilines is 2. The lowest BCUT2D eigenvalue weighted by molar-refractivity contribution is 0.0987. The van der Waals surface area contributed by atoms with Crippen LogP contribution in [0, 0.1) is 0 Å². The smallest absolute Gasteiger partial charge is 0.258 e. The van der Waals surface area contributed by atoms with E-state index in [0.29, 0.717) is 22.8 Å². The van der Waals surface area contributed by atoms with E-state index in [9.17, 15) is 4.79 Å². The number of nitrogen functional groups attached to an aromatic ring is 1. The molecule has 2 aromatic rings. The van der Waals surface area contributed by atoms with Crippen LogP contribution in [0.1, 0.15) is 10.4 Å². The molecule has 0 saturated carbocycles. The van der Waals surface area contributed by atoms with Gasteiger partial charge in [0.2, 0.25) is 0 Å². The topological polar surface area (TPSA) is 46.3 Å². The zero-order valence-electron chi connectivity index (χ0n) is 10.7. The summed E-state index contributed by atoms with van der Waals surface area (Å²) in [6.07, 6.45) is 0. The van der Waals surface area contributed by atoms with Crippen LogP contribution in [-0.4, -0.2) is 18.2 Å². The molecule has 102 valence electrons. The number of carbonyl (C=O) groups is 1. The third-order valence-electron chi connectivity index (χ3n) is 3.22. The van der Waals surface area contributed by atoms with Gasteiger partial charge in [-0.1, -0.05) is 23.7 Å². The highest BCUT2D eigenvalue weighted by Crippen LogP contribution is 2.35. The Balaban J connectivity index is 1.97. The first kappa shape index (κ1) is 13.3. The average Bonchev–Trinajstić information content (AvgIpc) is 2.49. The van der Waals surface area contributed by atoms with Gasteiger partial charge in [0.25, 0.3) is 5.91 Å². The number of hydrogen-bond donors (Lipinski definition) is 1. The van der Waals surface area contributed by atoms with Crippen molar-refractivity contribution in [2.45, 2.75) is 4.90 Å². The summed E-state index contributed by atoms with van der Waals surface area (Å²) >= 11 is 7.67. The lowest BCUT2D eigenvalue weighted by Crippen LogP contribution is -2.35. The van der Waals surface area contributed by atoms with E-state index in [-0.39, 0.29) is 5.91 Å². The van der Waals surface area contributed by atoms with Gasteiger partial charge in [-0.25, -0.2) is 0 Å². The number of para-hydroxylation sites is 1. The zero-order valence-corrected chi connectivity index (χ0v) is 12.2. The molecule has 1 amide bonds. The Morgan fingerprint density at radius 1 is 1.25 bits per heavy atom. The fraction of sp³-hybridized carbons (Fsp3) is 0.133. The summed E-state index contributed by atoms with van der Waals surface area (Å²) in [5, 5.41) is 0.469. The van der Waals surface area contributed by atoms with Crippen LogP contribution < -0.4 is 10.6 Å². The van der Waals surface area contributed by atoms with Gasteiger partial charge in [-0.2, -0.15) is 0 Å². The fourth-order valence-electron chi connectivity index (χ4n) is 2.21. The molecule has 5 heteroatoms. The molecule has 0 unspecified atom stereocenters. The van der Waals surface area contributed by atoms with Crippen molar-refractivity contribution < 1.29 is 4.79 Å². The Morgan fingerprint density at radius 3 is 2.85 bits per heavy atom. The van der Waals surface area contributed by atoms with Crippen molar-refractivity contribution in [1.29, 1.82) is 0 Å². The van der Waals surface area contributed by atoms with Crippen LogP contribution in [0.15, 0.2) is 47.4 Å². The van der Waals surface area contributed by atoms with Gasteiger partial charge < -0.3 is 10.6 Å². The molecule has 2 aromatic carbocycles. The molecule has 3 nitrogen and oxygen atoms in total. The van der Waals surface area contributed by atoms with Crippen LogP contribution in [0.25, 0.3) is 0 Å². The van der Waals surface area contributed by atoms with Crippen molar-refractivity contribution in [2.75, 3.05) is 22.9 Å². The minimum absolute atomic E-state index is 0.0406. The Morgan fingerprint density at radius 2 is 2.05 bits per heavy atom. The van der Waals surface area contributed by atoms with Gasteiger partial charge in [0.15, 0.2) is 0 Å². The van der Waals surface area contributed by atoms with Gasteiger partial charge in [0, 0.05) is 22.8 Å². The summed E-state index contributed by atoms with van der Waals surface area (Å²) in [5.74, 6) is 0.854. The van der Waals surface area contributed by atoms with Crippen molar-refractivity contribution in [2.24, 2.45) is 0 Å². The predicted molar refractivity (Wildman–Crippen MR) is 84.7 cm³/mol. The van der Waals surface area contributed by atoms with E-state index in [1.807, 2.05) is 24.3 Å². The van der Waals surface area contributed by atoms with Crippen LogP contribution in [0.5, 0.6) is 0 Å². The summed E-state index contributed by atoms with van der Waals surface area (Å²) in [6, 6.07) is 12.9. The number of benzene rings is 2. The van der Waals surface area contributed by atoms with Crippen molar-refractivity contribution in [1.82, 2.24) is 0 Å². The summed E-state index contributed by atoms with van der Waals surface area (Å²) in [4.78, 5) is 15.6. The van der Waals surface area contributed by atoms with Crippen LogP contribution in [-0.2, 0) is 0 Å². The lowest BCUT2D eigenvalue weighted by Gasteiger charge is -2.29. The molecule has 0 atom stereocenters. The van der Waals surface area contributed by atoms with Gasteiger partial charge in [-0.05, 0) is 30.3 Å². The van der Waals surface area contributed by atoms with E-state index < -0.39 is 0 Å². The molecule has 1 aliphatic heterocycles. The molecule has 1 heterocycles. The first-order chi connectivity index (χ1) is 9.66. The molecule has 0 bridgehead atoms. The highest BCUT2D eigenvalue weighted by molar-refractivity contribution is 7.99. The fourth-order valence-corrected chi connectivity index (χ4v) is 3.33. The average molecular weight is 305 g/mol. The van der Waals surface area contributed by atoms with E-state index in [1.165, 1.54) is 0 Å². The number of halogens is 1.